The summed E-state index contributed by atoms with van der Waals surface area (Å²) in [7, 11) is 1.53. The Morgan fingerprint density at radius 2 is 1.86 bits per heavy atom. The molecule has 0 spiro atoms. The summed E-state index contributed by atoms with van der Waals surface area (Å²) in [6.07, 6.45) is 0.0333. The van der Waals surface area contributed by atoms with Gasteiger partial charge in [-0.3, -0.25) is 19.0 Å². The van der Waals surface area contributed by atoms with Crippen molar-refractivity contribution in [3.63, 3.8) is 0 Å². The van der Waals surface area contributed by atoms with Crippen LogP contribution in [0.5, 0.6) is 0 Å². The third-order valence-electron chi connectivity index (χ3n) is 4.39. The molecule has 0 atom stereocenters. The summed E-state index contributed by atoms with van der Waals surface area (Å²) in [5, 5.41) is 3.58. The number of likely N-dealkylation sites (N-methyl/N-ethyl adjacent to an activating group) is 1. The maximum Gasteiger partial charge on any atom is 0.262 e. The van der Waals surface area contributed by atoms with Gasteiger partial charge in [-0.15, -0.1) is 0 Å². The van der Waals surface area contributed by atoms with Gasteiger partial charge in [0.15, 0.2) is 4.77 Å². The maximum absolute atomic E-state index is 12.6. The fourth-order valence-corrected chi connectivity index (χ4v) is 3.32. The Bertz CT molecular complexity index is 1190. The summed E-state index contributed by atoms with van der Waals surface area (Å²) in [6.45, 7) is -0.0160. The second-order valence-electron chi connectivity index (χ2n) is 6.46. The van der Waals surface area contributed by atoms with Crippen molar-refractivity contribution in [2.24, 2.45) is 0 Å². The monoisotopic (exact) mass is 430 g/mol. The van der Waals surface area contributed by atoms with Gasteiger partial charge in [0.2, 0.25) is 11.8 Å². The minimum absolute atomic E-state index is 0.0333. The van der Waals surface area contributed by atoms with Crippen LogP contribution in [0.3, 0.4) is 0 Å². The quantitative estimate of drug-likeness (QED) is 0.588. The van der Waals surface area contributed by atoms with Gasteiger partial charge in [-0.2, -0.15) is 0 Å². The molecule has 0 unspecified atom stereocenters. The normalized spacial score (nSPS) is 10.7. The molecule has 0 saturated carbocycles. The van der Waals surface area contributed by atoms with E-state index in [4.69, 9.17) is 23.8 Å². The molecule has 2 amide bonds. The lowest BCUT2D eigenvalue weighted by Gasteiger charge is -2.17. The topological polar surface area (TPSA) is 87.2 Å². The van der Waals surface area contributed by atoms with Crippen LogP contribution in [0.25, 0.3) is 10.9 Å². The van der Waals surface area contributed by atoms with E-state index in [0.717, 1.165) is 0 Å². The molecule has 0 aliphatic carbocycles. The van der Waals surface area contributed by atoms with Gasteiger partial charge < -0.3 is 15.2 Å². The van der Waals surface area contributed by atoms with Crippen molar-refractivity contribution in [3.8, 4) is 0 Å². The number of aromatic amines is 1. The van der Waals surface area contributed by atoms with Crippen molar-refractivity contribution < 1.29 is 9.59 Å². The standard InChI is InChI=1S/C20H19ClN4O3S/c1-24(12-17(26)22-16-9-5-3-7-14(16)21)18(27)10-11-25-19(28)13-6-2-4-8-15(13)23-20(25)29/h2-9H,10-12H2,1H3,(H,22,26)(H,23,29). The number of halogens is 1. The highest BCUT2D eigenvalue weighted by molar-refractivity contribution is 7.71. The number of amides is 2. The van der Waals surface area contributed by atoms with Gasteiger partial charge in [-0.25, -0.2) is 0 Å². The number of nitrogens with one attached hydrogen (secondary N) is 2. The molecule has 0 saturated heterocycles. The Kier molecular flexibility index (Phi) is 6.46. The number of benzene rings is 2. The highest BCUT2D eigenvalue weighted by Gasteiger charge is 2.15. The number of hydrogen-bond acceptors (Lipinski definition) is 4. The summed E-state index contributed by atoms with van der Waals surface area (Å²) in [5.41, 5.74) is 0.878. The van der Waals surface area contributed by atoms with E-state index in [-0.39, 0.29) is 41.7 Å². The number of H-pyrrole nitrogens is 1. The smallest absolute Gasteiger partial charge is 0.262 e. The highest BCUT2D eigenvalue weighted by atomic mass is 35.5. The van der Waals surface area contributed by atoms with E-state index in [1.807, 2.05) is 6.07 Å². The van der Waals surface area contributed by atoms with Crippen molar-refractivity contribution in [1.29, 1.82) is 0 Å². The third-order valence-corrected chi connectivity index (χ3v) is 5.05. The average molecular weight is 431 g/mol. The van der Waals surface area contributed by atoms with Crippen molar-refractivity contribution in [2.45, 2.75) is 13.0 Å². The number of anilines is 1. The van der Waals surface area contributed by atoms with E-state index >= 15 is 0 Å². The van der Waals surface area contributed by atoms with Crippen molar-refractivity contribution in [2.75, 3.05) is 18.9 Å². The van der Waals surface area contributed by atoms with Crippen LogP contribution in [-0.4, -0.2) is 39.9 Å². The molecule has 0 radical (unpaired) electrons. The van der Waals surface area contributed by atoms with E-state index in [1.54, 1.807) is 42.5 Å². The molecular weight excluding hydrogens is 412 g/mol. The van der Waals surface area contributed by atoms with Crippen LogP contribution in [0.2, 0.25) is 5.02 Å². The first kappa shape index (κ1) is 20.8. The van der Waals surface area contributed by atoms with Crippen molar-refractivity contribution in [1.82, 2.24) is 14.5 Å². The van der Waals surface area contributed by atoms with Gasteiger partial charge >= 0.3 is 0 Å². The lowest BCUT2D eigenvalue weighted by atomic mass is 10.2. The largest absolute Gasteiger partial charge is 0.336 e. The van der Waals surface area contributed by atoms with Crippen molar-refractivity contribution >= 4 is 52.2 Å². The number of aromatic nitrogens is 2. The molecule has 2 N–H and O–H groups in total. The first-order chi connectivity index (χ1) is 13.9. The predicted octanol–water partition coefficient (Wildman–Crippen LogP) is 3.20. The molecule has 29 heavy (non-hydrogen) atoms. The molecule has 3 rings (SSSR count). The molecule has 1 heterocycles. The lowest BCUT2D eigenvalue weighted by molar-refractivity contribution is -0.133. The van der Waals surface area contributed by atoms with Gasteiger partial charge in [-0.1, -0.05) is 35.9 Å². The van der Waals surface area contributed by atoms with Crippen molar-refractivity contribution in [3.05, 3.63) is 68.7 Å². The molecule has 0 bridgehead atoms. The van der Waals surface area contributed by atoms with Gasteiger partial charge in [0.25, 0.3) is 5.56 Å². The summed E-state index contributed by atoms with van der Waals surface area (Å²) in [5.74, 6) is -0.650. The summed E-state index contributed by atoms with van der Waals surface area (Å²) >= 11 is 11.3. The second-order valence-corrected chi connectivity index (χ2v) is 7.25. The zero-order chi connectivity index (χ0) is 21.0. The van der Waals surface area contributed by atoms with E-state index < -0.39 is 0 Å². The number of para-hydroxylation sites is 2. The van der Waals surface area contributed by atoms with E-state index in [2.05, 4.69) is 10.3 Å². The summed E-state index contributed by atoms with van der Waals surface area (Å²) < 4.78 is 1.60. The number of carbonyl (C=O) groups is 2. The predicted molar refractivity (Wildman–Crippen MR) is 116 cm³/mol. The molecule has 150 valence electrons. The van der Waals surface area contributed by atoms with Crippen LogP contribution in [0.15, 0.2) is 53.3 Å². The van der Waals surface area contributed by atoms with Gasteiger partial charge in [-0.05, 0) is 36.5 Å². The van der Waals surface area contributed by atoms with E-state index in [9.17, 15) is 14.4 Å². The number of hydrogen-bond donors (Lipinski definition) is 2. The molecule has 3 aromatic rings. The van der Waals surface area contributed by atoms with Crippen LogP contribution in [0, 0.1) is 4.77 Å². The number of fused-ring (bicyclic) bond motifs is 1. The first-order valence-electron chi connectivity index (χ1n) is 8.87. The van der Waals surface area contributed by atoms with Crippen LogP contribution in [0.1, 0.15) is 6.42 Å². The van der Waals surface area contributed by atoms with Gasteiger partial charge in [0.1, 0.15) is 0 Å². The summed E-state index contributed by atoms with van der Waals surface area (Å²) in [4.78, 5) is 41.5. The molecule has 2 aromatic carbocycles. The number of nitrogens with zero attached hydrogens (tertiary/aromatic N) is 2. The fourth-order valence-electron chi connectivity index (χ4n) is 2.86. The van der Waals surface area contributed by atoms with E-state index in [0.29, 0.717) is 21.6 Å². The second kappa shape index (κ2) is 9.02. The summed E-state index contributed by atoms with van der Waals surface area (Å²) in [6, 6.07) is 13.9. The minimum Gasteiger partial charge on any atom is -0.336 e. The Hall–Kier alpha value is -2.97. The highest BCUT2D eigenvalue weighted by Crippen LogP contribution is 2.20. The fraction of sp³-hybridized carbons (Fsp3) is 0.200. The zero-order valence-electron chi connectivity index (χ0n) is 15.6. The lowest BCUT2D eigenvalue weighted by Crippen LogP contribution is -2.36. The minimum atomic E-state index is -0.367. The van der Waals surface area contributed by atoms with Crippen LogP contribution >= 0.6 is 23.8 Å². The average Bonchev–Trinajstić information content (AvgIpc) is 2.69. The van der Waals surface area contributed by atoms with Crippen LogP contribution in [0.4, 0.5) is 5.69 Å². The van der Waals surface area contributed by atoms with Gasteiger partial charge in [0.05, 0.1) is 28.2 Å². The maximum atomic E-state index is 12.6. The molecular formula is C20H19ClN4O3S. The Morgan fingerprint density at radius 1 is 1.17 bits per heavy atom. The number of rotatable bonds is 6. The zero-order valence-corrected chi connectivity index (χ0v) is 17.2. The first-order valence-corrected chi connectivity index (χ1v) is 9.65. The van der Waals surface area contributed by atoms with Crippen LogP contribution in [-0.2, 0) is 16.1 Å². The Labute approximate surface area is 176 Å². The van der Waals surface area contributed by atoms with Crippen LogP contribution < -0.4 is 10.9 Å². The Morgan fingerprint density at radius 3 is 2.62 bits per heavy atom. The molecule has 1 aromatic heterocycles. The van der Waals surface area contributed by atoms with Gasteiger partial charge in [0, 0.05) is 20.0 Å². The molecule has 7 nitrogen and oxygen atoms in total. The molecule has 0 aliphatic rings. The third kappa shape index (κ3) is 4.90. The molecule has 9 heteroatoms. The SMILES string of the molecule is CN(CC(=O)Nc1ccccc1Cl)C(=O)CCn1c(=S)[nH]c2ccccc2c1=O. The molecule has 0 fully saturated rings. The number of carbonyl (C=O) groups excluding carboxylic acids is 2. The Balaban J connectivity index is 1.63. The van der Waals surface area contributed by atoms with E-state index in [1.165, 1.54) is 16.5 Å². The molecule has 0 aliphatic heterocycles.